The molecule has 3 aliphatic rings. The Hall–Kier alpha value is -4.36. The van der Waals surface area contributed by atoms with Crippen molar-refractivity contribution in [2.45, 2.75) is 69.2 Å². The summed E-state index contributed by atoms with van der Waals surface area (Å²) in [4.78, 5) is 45.2. The smallest absolute Gasteiger partial charge is 0.264 e. The Balaban J connectivity index is 1.14. The van der Waals surface area contributed by atoms with Crippen LogP contribution in [0.2, 0.25) is 18.6 Å². The molecule has 1 saturated heterocycles. The van der Waals surface area contributed by atoms with E-state index in [1.165, 1.54) is 0 Å². The number of fused-ring (bicyclic) bond motifs is 3. The van der Waals surface area contributed by atoms with Gasteiger partial charge in [-0.05, 0) is 90.8 Å². The summed E-state index contributed by atoms with van der Waals surface area (Å²) in [7, 11) is -1.95. The second kappa shape index (κ2) is 14.5. The number of benzene rings is 4. The van der Waals surface area contributed by atoms with E-state index in [1.807, 2.05) is 61.5 Å². The fourth-order valence-corrected chi connectivity index (χ4v) is 11.4. The second-order valence-electron chi connectivity index (χ2n) is 14.7. The zero-order chi connectivity index (χ0) is 37.7. The summed E-state index contributed by atoms with van der Waals surface area (Å²) in [6.45, 7) is 5.49. The van der Waals surface area contributed by atoms with Crippen molar-refractivity contribution in [2.24, 2.45) is 5.92 Å². The van der Waals surface area contributed by atoms with Crippen LogP contribution in [-0.2, 0) is 39.4 Å². The van der Waals surface area contributed by atoms with Crippen LogP contribution in [0.5, 0.6) is 5.75 Å². The Bertz CT molecular complexity index is 2040. The van der Waals surface area contributed by atoms with Crippen LogP contribution in [0.3, 0.4) is 0 Å². The van der Waals surface area contributed by atoms with Crippen molar-refractivity contribution in [3.8, 4) is 5.75 Å². The van der Waals surface area contributed by atoms with Gasteiger partial charge in [0, 0.05) is 39.3 Å². The SMILES string of the molecule is COc1ccc(C(=O)Nc2ccc(CN3C(=O)[C@@]4(O[C@@H](CC(=O)N5Cc6ccccc6C[C@H]5CO)[C@H]([Si](C)(C)F)[C@H]4C)c4cc(Br)ccc43)cc2)cc1. The summed E-state index contributed by atoms with van der Waals surface area (Å²) in [5.41, 5.74) is 3.19. The number of anilines is 2. The first kappa shape index (κ1) is 37.0. The number of halogens is 2. The summed E-state index contributed by atoms with van der Waals surface area (Å²) in [6.07, 6.45) is -0.414. The molecule has 4 aromatic carbocycles. The molecule has 0 aliphatic carbocycles. The number of methoxy groups -OCH3 is 1. The standard InChI is InChI=1S/C41H43BrFN3O6Si/c1-25-38(53(3,4)43)36(21-37(48)45-23-29-8-6-5-7-28(29)19-32(45)24-47)52-41(25)34-20-30(42)13-18-35(34)46(40(41)50)22-26-9-14-31(15-10-26)44-39(49)27-11-16-33(51-2)17-12-27/h5-18,20,25,32,36,38,47H,19,21-24H2,1-4H3,(H,44,49)/t25-,32+,36+,38-,41+/m1/s1. The number of carbonyl (C=O) groups excluding carboxylic acids is 3. The van der Waals surface area contributed by atoms with Gasteiger partial charge in [0.1, 0.15) is 5.75 Å². The normalized spacial score (nSPS) is 23.6. The fourth-order valence-electron chi connectivity index (χ4n) is 8.53. The average Bonchev–Trinajstić information content (AvgIpc) is 3.57. The summed E-state index contributed by atoms with van der Waals surface area (Å²) in [5.74, 6) is -0.697. The number of aliphatic hydroxyl groups excluding tert-OH is 1. The largest absolute Gasteiger partial charge is 0.497 e. The lowest BCUT2D eigenvalue weighted by atomic mass is 9.82. The van der Waals surface area contributed by atoms with E-state index in [0.29, 0.717) is 41.2 Å². The van der Waals surface area contributed by atoms with E-state index in [0.717, 1.165) is 21.2 Å². The topological polar surface area (TPSA) is 108 Å². The highest BCUT2D eigenvalue weighted by Gasteiger charge is 2.67. The molecular weight excluding hydrogens is 757 g/mol. The Labute approximate surface area is 318 Å². The van der Waals surface area contributed by atoms with Gasteiger partial charge < -0.3 is 33.8 Å². The first-order chi connectivity index (χ1) is 25.3. The van der Waals surface area contributed by atoms with Crippen LogP contribution < -0.4 is 15.0 Å². The second-order valence-corrected chi connectivity index (χ2v) is 19.4. The Kier molecular flexibility index (Phi) is 10.1. The average molecular weight is 801 g/mol. The number of aliphatic hydroxyl groups is 1. The molecule has 3 amide bonds. The molecule has 0 unspecified atom stereocenters. The van der Waals surface area contributed by atoms with Crippen molar-refractivity contribution in [1.29, 1.82) is 0 Å². The first-order valence-electron chi connectivity index (χ1n) is 17.8. The first-order valence-corrected chi connectivity index (χ1v) is 21.6. The minimum atomic E-state index is -3.52. The molecular formula is C41H43BrFN3O6Si. The minimum Gasteiger partial charge on any atom is -0.497 e. The molecule has 0 saturated carbocycles. The number of nitrogens with one attached hydrogen (secondary N) is 1. The summed E-state index contributed by atoms with van der Waals surface area (Å²) in [6, 6.07) is 27.2. The predicted octanol–water partition coefficient (Wildman–Crippen LogP) is 7.37. The molecule has 2 N–H and O–H groups in total. The van der Waals surface area contributed by atoms with Crippen molar-refractivity contribution in [2.75, 3.05) is 23.9 Å². The van der Waals surface area contributed by atoms with Crippen LogP contribution in [0, 0.1) is 5.92 Å². The maximum absolute atomic E-state index is 16.5. The maximum atomic E-state index is 16.5. The third-order valence-corrected chi connectivity index (χ3v) is 14.0. The molecule has 12 heteroatoms. The molecule has 9 nitrogen and oxygen atoms in total. The lowest BCUT2D eigenvalue weighted by Gasteiger charge is -2.37. The van der Waals surface area contributed by atoms with E-state index in [1.54, 1.807) is 66.4 Å². The van der Waals surface area contributed by atoms with Crippen LogP contribution in [0.25, 0.3) is 0 Å². The van der Waals surface area contributed by atoms with Crippen LogP contribution in [0.15, 0.2) is 95.5 Å². The Morgan fingerprint density at radius 1 is 1.04 bits per heavy atom. The van der Waals surface area contributed by atoms with Gasteiger partial charge in [-0.25, -0.2) is 0 Å². The van der Waals surface area contributed by atoms with Crippen LogP contribution in [-0.4, -0.2) is 62.0 Å². The highest BCUT2D eigenvalue weighted by atomic mass is 79.9. The van der Waals surface area contributed by atoms with Gasteiger partial charge in [-0.15, -0.1) is 0 Å². The van der Waals surface area contributed by atoms with Gasteiger partial charge in [0.2, 0.25) is 14.3 Å². The highest BCUT2D eigenvalue weighted by molar-refractivity contribution is 9.10. The van der Waals surface area contributed by atoms with Crippen molar-refractivity contribution in [3.63, 3.8) is 0 Å². The van der Waals surface area contributed by atoms with E-state index in [-0.39, 0.29) is 37.3 Å². The molecule has 1 fully saturated rings. The predicted molar refractivity (Wildman–Crippen MR) is 207 cm³/mol. The zero-order valence-electron chi connectivity index (χ0n) is 30.1. The third-order valence-electron chi connectivity index (χ3n) is 11.1. The molecule has 0 aromatic heterocycles. The number of hydrogen-bond donors (Lipinski definition) is 2. The van der Waals surface area contributed by atoms with Crippen molar-refractivity contribution < 1.29 is 33.1 Å². The van der Waals surface area contributed by atoms with Crippen molar-refractivity contribution in [1.82, 2.24) is 4.90 Å². The number of carbonyl (C=O) groups is 3. The summed E-state index contributed by atoms with van der Waals surface area (Å²) >= 11 is 3.59. The third kappa shape index (κ3) is 6.82. The van der Waals surface area contributed by atoms with Gasteiger partial charge in [-0.1, -0.05) is 59.3 Å². The van der Waals surface area contributed by atoms with Crippen LogP contribution in [0.4, 0.5) is 15.5 Å². The van der Waals surface area contributed by atoms with Gasteiger partial charge in [0.05, 0.1) is 44.5 Å². The quantitative estimate of drug-likeness (QED) is 0.135. The number of ether oxygens (including phenoxy) is 2. The molecule has 3 heterocycles. The van der Waals surface area contributed by atoms with Gasteiger partial charge in [0.15, 0.2) is 5.60 Å². The van der Waals surface area contributed by atoms with Crippen molar-refractivity contribution in [3.05, 3.63) is 123 Å². The highest BCUT2D eigenvalue weighted by Crippen LogP contribution is 2.60. The zero-order valence-corrected chi connectivity index (χ0v) is 32.7. The minimum absolute atomic E-state index is 0.101. The molecule has 5 atom stereocenters. The number of nitrogens with zero attached hydrogens (tertiary/aromatic N) is 2. The van der Waals surface area contributed by atoms with Gasteiger partial charge in [0.25, 0.3) is 11.8 Å². The summed E-state index contributed by atoms with van der Waals surface area (Å²) in [5, 5.41) is 13.2. The van der Waals surface area contributed by atoms with E-state index in [4.69, 9.17) is 9.47 Å². The molecule has 0 radical (unpaired) electrons. The van der Waals surface area contributed by atoms with E-state index in [9.17, 15) is 19.5 Å². The molecule has 7 rings (SSSR count). The lowest BCUT2D eigenvalue weighted by molar-refractivity contribution is -0.151. The number of hydrogen-bond acceptors (Lipinski definition) is 6. The molecule has 53 heavy (non-hydrogen) atoms. The fraction of sp³-hybridized carbons (Fsp3) is 0.341. The molecule has 276 valence electrons. The summed E-state index contributed by atoms with van der Waals surface area (Å²) < 4.78 is 29.3. The molecule has 4 aromatic rings. The van der Waals surface area contributed by atoms with Gasteiger partial charge in [-0.3, -0.25) is 14.4 Å². The number of amides is 3. The van der Waals surface area contributed by atoms with E-state index in [2.05, 4.69) is 21.2 Å². The maximum Gasteiger partial charge on any atom is 0.264 e. The molecule has 3 aliphatic heterocycles. The Morgan fingerprint density at radius 2 is 1.74 bits per heavy atom. The lowest BCUT2D eigenvalue weighted by Crippen LogP contribution is -2.48. The molecule has 1 spiro atoms. The van der Waals surface area contributed by atoms with Crippen molar-refractivity contribution >= 4 is 53.4 Å². The Morgan fingerprint density at radius 3 is 2.40 bits per heavy atom. The number of rotatable bonds is 9. The van der Waals surface area contributed by atoms with Gasteiger partial charge >= 0.3 is 0 Å². The van der Waals surface area contributed by atoms with E-state index >= 15 is 4.11 Å². The van der Waals surface area contributed by atoms with Crippen LogP contribution >= 0.6 is 15.9 Å². The van der Waals surface area contributed by atoms with Gasteiger partial charge in [-0.2, -0.15) is 0 Å². The monoisotopic (exact) mass is 799 g/mol. The van der Waals surface area contributed by atoms with E-state index < -0.39 is 37.6 Å². The van der Waals surface area contributed by atoms with Crippen LogP contribution in [0.1, 0.15) is 46.0 Å². The molecule has 0 bridgehead atoms.